The van der Waals surface area contributed by atoms with Crippen LogP contribution in [0.5, 0.6) is 11.5 Å². The Hall–Kier alpha value is -4.25. The summed E-state index contributed by atoms with van der Waals surface area (Å²) in [6.07, 6.45) is -2.41. The second-order valence-corrected chi connectivity index (χ2v) is 10.5. The summed E-state index contributed by atoms with van der Waals surface area (Å²) in [6.45, 7) is 2.93. The number of hydrogen-bond acceptors (Lipinski definition) is 8. The second kappa shape index (κ2) is 15.5. The Morgan fingerprint density at radius 2 is 1.66 bits per heavy atom. The lowest BCUT2D eigenvalue weighted by molar-refractivity contribution is -0.153. The average Bonchev–Trinajstić information content (AvgIpc) is 3.42. The lowest BCUT2D eigenvalue weighted by Gasteiger charge is -2.22. The number of nitrogens with zero attached hydrogens (tertiary/aromatic N) is 1. The molecule has 0 amide bonds. The molecule has 4 rings (SSSR count). The fourth-order valence-electron chi connectivity index (χ4n) is 5.12. The largest absolute Gasteiger partial charge is 0.488 e. The van der Waals surface area contributed by atoms with Crippen molar-refractivity contribution >= 4 is 17.6 Å². The standard InChI is InChI=1S/C33H37F3N2O6/c1-23(37-14-18-42-28-11-6-7-12-29(28)44-22-33(34,35)36)19-24-20-26-13-16-38(30(26)27(21-24)32(40)41-2)15-8-17-43-31(39)25-9-4-3-5-10-25/h3-7,9-12,20-21,23,37H,8,13-19,22H2,1-2H3/t23-/m1/s1. The number of hydrogen-bond donors (Lipinski definition) is 1. The number of alkyl halides is 3. The first kappa shape index (κ1) is 32.7. The molecule has 1 atom stereocenters. The summed E-state index contributed by atoms with van der Waals surface area (Å²) in [5.41, 5.74) is 3.92. The zero-order chi connectivity index (χ0) is 31.5. The molecule has 0 saturated heterocycles. The Balaban J connectivity index is 1.29. The first-order valence-corrected chi connectivity index (χ1v) is 14.5. The number of rotatable bonds is 15. The predicted molar refractivity (Wildman–Crippen MR) is 160 cm³/mol. The van der Waals surface area contributed by atoms with Crippen LogP contribution in [-0.4, -0.2) is 70.7 Å². The molecule has 1 heterocycles. The van der Waals surface area contributed by atoms with E-state index < -0.39 is 18.8 Å². The van der Waals surface area contributed by atoms with Crippen LogP contribution in [0, 0.1) is 0 Å². The van der Waals surface area contributed by atoms with Gasteiger partial charge in [0, 0.05) is 25.7 Å². The molecule has 0 saturated carbocycles. The summed E-state index contributed by atoms with van der Waals surface area (Å²) in [5, 5.41) is 3.36. The molecular weight excluding hydrogens is 577 g/mol. The maximum absolute atomic E-state index is 12.8. The first-order chi connectivity index (χ1) is 21.1. The van der Waals surface area contributed by atoms with Gasteiger partial charge in [0.05, 0.1) is 30.5 Å². The Bertz CT molecular complexity index is 1400. The third-order valence-electron chi connectivity index (χ3n) is 7.07. The third kappa shape index (κ3) is 9.37. The highest BCUT2D eigenvalue weighted by Crippen LogP contribution is 2.34. The summed E-state index contributed by atoms with van der Waals surface area (Å²) in [7, 11) is 1.36. The van der Waals surface area contributed by atoms with Crippen molar-refractivity contribution < 1.29 is 41.7 Å². The van der Waals surface area contributed by atoms with Gasteiger partial charge in [0.1, 0.15) is 6.61 Å². The SMILES string of the molecule is COC(=O)c1cc(C[C@@H](C)NCCOc2ccccc2OCC(F)(F)F)cc2c1N(CCCOC(=O)c1ccccc1)CC2. The average molecular weight is 615 g/mol. The Kier molecular flexibility index (Phi) is 11.5. The van der Waals surface area contributed by atoms with Crippen LogP contribution in [0.1, 0.15) is 45.2 Å². The zero-order valence-corrected chi connectivity index (χ0v) is 24.8. The number of ether oxygens (including phenoxy) is 4. The van der Waals surface area contributed by atoms with Crippen LogP contribution in [0.2, 0.25) is 0 Å². The Morgan fingerprint density at radius 3 is 2.36 bits per heavy atom. The fraction of sp³-hybridized carbons (Fsp3) is 0.394. The van der Waals surface area contributed by atoms with E-state index in [4.69, 9.17) is 18.9 Å². The molecule has 8 nitrogen and oxygen atoms in total. The Labute approximate surface area is 255 Å². The van der Waals surface area contributed by atoms with Gasteiger partial charge in [-0.05, 0) is 67.6 Å². The van der Waals surface area contributed by atoms with Crippen LogP contribution in [0.25, 0.3) is 0 Å². The van der Waals surface area contributed by atoms with Gasteiger partial charge in [-0.3, -0.25) is 0 Å². The zero-order valence-electron chi connectivity index (χ0n) is 24.8. The second-order valence-electron chi connectivity index (χ2n) is 10.5. The summed E-state index contributed by atoms with van der Waals surface area (Å²) in [5.74, 6) is -0.493. The normalized spacial score (nSPS) is 13.2. The topological polar surface area (TPSA) is 86.3 Å². The van der Waals surface area contributed by atoms with E-state index in [-0.39, 0.29) is 36.7 Å². The van der Waals surface area contributed by atoms with E-state index in [0.29, 0.717) is 37.1 Å². The van der Waals surface area contributed by atoms with Crippen molar-refractivity contribution in [2.75, 3.05) is 51.5 Å². The molecule has 3 aromatic rings. The molecule has 1 aliphatic rings. The van der Waals surface area contributed by atoms with Gasteiger partial charge in [-0.2, -0.15) is 13.2 Å². The molecule has 3 aromatic carbocycles. The van der Waals surface area contributed by atoms with Gasteiger partial charge in [-0.25, -0.2) is 9.59 Å². The lowest BCUT2D eigenvalue weighted by atomic mass is 9.98. The summed E-state index contributed by atoms with van der Waals surface area (Å²) in [6, 6.07) is 19.1. The number of fused-ring (bicyclic) bond motifs is 1. The number of anilines is 1. The molecule has 0 aliphatic carbocycles. The molecule has 44 heavy (non-hydrogen) atoms. The molecule has 1 N–H and O–H groups in total. The number of carbonyl (C=O) groups is 2. The van der Waals surface area contributed by atoms with E-state index in [0.717, 1.165) is 29.8 Å². The molecule has 0 radical (unpaired) electrons. The molecule has 0 bridgehead atoms. The van der Waals surface area contributed by atoms with Crippen LogP contribution in [-0.2, 0) is 22.3 Å². The van der Waals surface area contributed by atoms with E-state index >= 15 is 0 Å². The van der Waals surface area contributed by atoms with Crippen molar-refractivity contribution in [1.82, 2.24) is 5.32 Å². The summed E-state index contributed by atoms with van der Waals surface area (Å²) in [4.78, 5) is 27.1. The van der Waals surface area contributed by atoms with Crippen molar-refractivity contribution in [2.24, 2.45) is 0 Å². The van der Waals surface area contributed by atoms with Crippen molar-refractivity contribution in [3.8, 4) is 11.5 Å². The smallest absolute Gasteiger partial charge is 0.422 e. The van der Waals surface area contributed by atoms with E-state index in [9.17, 15) is 22.8 Å². The minimum atomic E-state index is -4.44. The summed E-state index contributed by atoms with van der Waals surface area (Å²) < 4.78 is 58.7. The maximum Gasteiger partial charge on any atom is 0.422 e. The van der Waals surface area contributed by atoms with Crippen LogP contribution in [0.15, 0.2) is 66.7 Å². The third-order valence-corrected chi connectivity index (χ3v) is 7.07. The van der Waals surface area contributed by atoms with Gasteiger partial charge in [0.2, 0.25) is 0 Å². The van der Waals surface area contributed by atoms with Crippen molar-refractivity contribution in [3.05, 3.63) is 89.0 Å². The van der Waals surface area contributed by atoms with Crippen molar-refractivity contribution in [3.63, 3.8) is 0 Å². The van der Waals surface area contributed by atoms with E-state index in [1.165, 1.54) is 13.2 Å². The van der Waals surface area contributed by atoms with E-state index in [1.807, 2.05) is 19.1 Å². The number of halogens is 3. The van der Waals surface area contributed by atoms with E-state index in [1.54, 1.807) is 42.5 Å². The molecular formula is C33H37F3N2O6. The highest BCUT2D eigenvalue weighted by atomic mass is 19.4. The molecule has 0 fully saturated rings. The van der Waals surface area contributed by atoms with Crippen molar-refractivity contribution in [1.29, 1.82) is 0 Å². The quantitative estimate of drug-likeness (QED) is 0.174. The highest BCUT2D eigenvalue weighted by molar-refractivity contribution is 5.97. The molecule has 0 spiro atoms. The van der Waals surface area contributed by atoms with E-state index in [2.05, 4.69) is 16.3 Å². The molecule has 1 aliphatic heterocycles. The molecule has 11 heteroatoms. The molecule has 0 unspecified atom stereocenters. The van der Waals surface area contributed by atoms with Crippen LogP contribution >= 0.6 is 0 Å². The minimum Gasteiger partial charge on any atom is -0.488 e. The van der Waals surface area contributed by atoms with Gasteiger partial charge in [0.25, 0.3) is 0 Å². The van der Waals surface area contributed by atoms with Crippen LogP contribution < -0.4 is 19.7 Å². The van der Waals surface area contributed by atoms with Crippen molar-refractivity contribution in [2.45, 2.75) is 38.4 Å². The van der Waals surface area contributed by atoms with Gasteiger partial charge < -0.3 is 29.2 Å². The Morgan fingerprint density at radius 1 is 0.955 bits per heavy atom. The monoisotopic (exact) mass is 614 g/mol. The lowest BCUT2D eigenvalue weighted by Crippen LogP contribution is -2.32. The van der Waals surface area contributed by atoms with Crippen LogP contribution in [0.3, 0.4) is 0 Å². The van der Waals surface area contributed by atoms with Gasteiger partial charge in [-0.1, -0.05) is 36.4 Å². The number of esters is 2. The van der Waals surface area contributed by atoms with Crippen LogP contribution in [0.4, 0.5) is 18.9 Å². The van der Waals surface area contributed by atoms with Gasteiger partial charge in [-0.15, -0.1) is 0 Å². The maximum atomic E-state index is 12.8. The van der Waals surface area contributed by atoms with Gasteiger partial charge >= 0.3 is 18.1 Å². The van der Waals surface area contributed by atoms with Gasteiger partial charge in [0.15, 0.2) is 18.1 Å². The number of nitrogens with one attached hydrogen (secondary N) is 1. The number of carbonyl (C=O) groups excluding carboxylic acids is 2. The number of methoxy groups -OCH3 is 1. The highest BCUT2D eigenvalue weighted by Gasteiger charge is 2.29. The number of para-hydroxylation sites is 2. The number of benzene rings is 3. The minimum absolute atomic E-state index is 0.0238. The fourth-order valence-corrected chi connectivity index (χ4v) is 5.12. The first-order valence-electron chi connectivity index (χ1n) is 14.5. The molecule has 236 valence electrons. The predicted octanol–water partition coefficient (Wildman–Crippen LogP) is 5.62. The summed E-state index contributed by atoms with van der Waals surface area (Å²) >= 11 is 0. The molecule has 0 aromatic heterocycles.